The zero-order chi connectivity index (χ0) is 18.0. The van der Waals surface area contributed by atoms with E-state index in [0.29, 0.717) is 11.5 Å². The quantitative estimate of drug-likeness (QED) is 0.692. The van der Waals surface area contributed by atoms with Crippen molar-refractivity contribution >= 4 is 17.5 Å². The molecule has 10 heteroatoms. The van der Waals surface area contributed by atoms with E-state index in [4.69, 9.17) is 5.11 Å². The number of ketones is 1. The number of halogens is 2. The molecule has 0 unspecified atom stereocenters. The minimum absolute atomic E-state index is 0.236. The lowest BCUT2D eigenvalue weighted by atomic mass is 10.1. The first-order valence-electron chi connectivity index (χ1n) is 6.99. The zero-order valence-electron chi connectivity index (χ0n) is 12.8. The smallest absolute Gasteiger partial charge is 0.196 e. The molecule has 0 saturated heterocycles. The maximum absolute atomic E-state index is 14.2. The van der Waals surface area contributed by atoms with Gasteiger partial charge in [0.05, 0.1) is 4.90 Å². The molecular formula is C15H11F2N5O2S. The van der Waals surface area contributed by atoms with Crippen molar-refractivity contribution < 1.29 is 18.7 Å². The Balaban J connectivity index is 1.94. The number of aliphatic hydroxyl groups excluding tert-OH is 1. The van der Waals surface area contributed by atoms with Crippen molar-refractivity contribution in [1.29, 1.82) is 0 Å². The Hall–Kier alpha value is -2.72. The van der Waals surface area contributed by atoms with Crippen LogP contribution in [-0.4, -0.2) is 42.5 Å². The third-order valence-corrected chi connectivity index (χ3v) is 4.43. The number of nitrogens with zero attached hydrogens (tertiary/aromatic N) is 5. The molecule has 7 nitrogen and oxygen atoms in total. The Morgan fingerprint density at radius 3 is 2.56 bits per heavy atom. The fraction of sp³-hybridized carbons (Fsp3) is 0.133. The molecule has 0 radical (unpaired) electrons. The van der Waals surface area contributed by atoms with Crippen LogP contribution in [0.15, 0.2) is 40.5 Å². The second-order valence-corrected chi connectivity index (χ2v) is 5.90. The monoisotopic (exact) mass is 363 g/mol. The van der Waals surface area contributed by atoms with Gasteiger partial charge in [-0.1, -0.05) is 0 Å². The fourth-order valence-electron chi connectivity index (χ4n) is 2.05. The van der Waals surface area contributed by atoms with Crippen LogP contribution in [0.25, 0.3) is 11.5 Å². The molecule has 1 N–H and O–H groups in total. The standard InChI is InChI=1S/C15H11F2N5O2S/c1-22-14(11-3-2-4-18-19-11)20-21-15(22)25-13-9(16)5-8(6-10(13)17)12(24)7-23/h2-6,23H,7H2,1H3. The Bertz CT molecular complexity index is 910. The van der Waals surface area contributed by atoms with Crippen molar-refractivity contribution in [2.24, 2.45) is 7.05 Å². The largest absolute Gasteiger partial charge is 0.388 e. The summed E-state index contributed by atoms with van der Waals surface area (Å²) in [5.41, 5.74) is 0.231. The molecule has 1 aromatic carbocycles. The highest BCUT2D eigenvalue weighted by Gasteiger charge is 2.20. The molecular weight excluding hydrogens is 352 g/mol. The molecule has 3 rings (SSSR count). The Morgan fingerprint density at radius 2 is 1.96 bits per heavy atom. The number of aromatic nitrogens is 5. The molecule has 3 aromatic rings. The number of Topliss-reactive ketones (excluding diaryl/α,β-unsaturated/α-hetero) is 1. The Labute approximate surface area is 144 Å². The highest BCUT2D eigenvalue weighted by atomic mass is 32.2. The van der Waals surface area contributed by atoms with Crippen LogP contribution in [0.3, 0.4) is 0 Å². The molecule has 0 aliphatic heterocycles. The third kappa shape index (κ3) is 3.39. The van der Waals surface area contributed by atoms with E-state index >= 15 is 0 Å². The first kappa shape index (κ1) is 17.1. The van der Waals surface area contributed by atoms with Gasteiger partial charge in [0.2, 0.25) is 0 Å². The summed E-state index contributed by atoms with van der Waals surface area (Å²) in [6.45, 7) is -0.823. The van der Waals surface area contributed by atoms with Gasteiger partial charge in [0.25, 0.3) is 0 Å². The van der Waals surface area contributed by atoms with Crippen LogP contribution in [0.1, 0.15) is 10.4 Å². The highest BCUT2D eigenvalue weighted by molar-refractivity contribution is 7.99. The number of rotatable bonds is 5. The summed E-state index contributed by atoms with van der Waals surface area (Å²) in [7, 11) is 1.63. The van der Waals surface area contributed by atoms with Gasteiger partial charge in [-0.05, 0) is 36.0 Å². The van der Waals surface area contributed by atoms with E-state index in [-0.39, 0.29) is 15.6 Å². The molecule has 0 aliphatic carbocycles. The summed E-state index contributed by atoms with van der Waals surface area (Å²) < 4.78 is 29.9. The molecule has 0 atom stereocenters. The Kier molecular flexibility index (Phi) is 4.81. The van der Waals surface area contributed by atoms with E-state index in [1.54, 1.807) is 19.2 Å². The highest BCUT2D eigenvalue weighted by Crippen LogP contribution is 2.32. The van der Waals surface area contributed by atoms with Crippen LogP contribution in [0.2, 0.25) is 0 Å². The van der Waals surface area contributed by atoms with Gasteiger partial charge in [0.1, 0.15) is 23.9 Å². The molecule has 0 spiro atoms. The lowest BCUT2D eigenvalue weighted by Crippen LogP contribution is -2.06. The SMILES string of the molecule is Cn1c(Sc2c(F)cc(C(=O)CO)cc2F)nnc1-c1cccnn1. The van der Waals surface area contributed by atoms with Crippen molar-refractivity contribution in [3.8, 4) is 11.5 Å². The number of aliphatic hydroxyl groups is 1. The summed E-state index contributed by atoms with van der Waals surface area (Å²) in [4.78, 5) is 11.0. The van der Waals surface area contributed by atoms with Crippen molar-refractivity contribution in [2.75, 3.05) is 6.61 Å². The van der Waals surface area contributed by atoms with Crippen molar-refractivity contribution in [2.45, 2.75) is 10.1 Å². The molecule has 0 bridgehead atoms. The maximum atomic E-state index is 14.2. The minimum atomic E-state index is -0.925. The summed E-state index contributed by atoms with van der Waals surface area (Å²) in [6.07, 6.45) is 1.51. The summed E-state index contributed by atoms with van der Waals surface area (Å²) >= 11 is 0.728. The molecule has 128 valence electrons. The number of hydrogen-bond donors (Lipinski definition) is 1. The van der Waals surface area contributed by atoms with Crippen LogP contribution in [-0.2, 0) is 7.05 Å². The van der Waals surface area contributed by atoms with Crippen molar-refractivity contribution in [3.05, 3.63) is 47.7 Å². The Morgan fingerprint density at radius 1 is 1.24 bits per heavy atom. The molecule has 2 aromatic heterocycles. The molecule has 0 aliphatic rings. The van der Waals surface area contributed by atoms with E-state index in [9.17, 15) is 13.6 Å². The van der Waals surface area contributed by atoms with Gasteiger partial charge in [-0.3, -0.25) is 4.79 Å². The first-order valence-corrected chi connectivity index (χ1v) is 7.81. The average molecular weight is 363 g/mol. The second kappa shape index (κ2) is 7.03. The third-order valence-electron chi connectivity index (χ3n) is 3.29. The number of carbonyl (C=O) groups is 1. The predicted molar refractivity (Wildman–Crippen MR) is 83.9 cm³/mol. The van der Waals surface area contributed by atoms with Gasteiger partial charge in [-0.2, -0.15) is 5.10 Å². The zero-order valence-corrected chi connectivity index (χ0v) is 13.7. The van der Waals surface area contributed by atoms with E-state index in [1.165, 1.54) is 10.8 Å². The number of carbonyl (C=O) groups excluding carboxylic acids is 1. The minimum Gasteiger partial charge on any atom is -0.388 e. The van der Waals surface area contributed by atoms with Crippen LogP contribution >= 0.6 is 11.8 Å². The van der Waals surface area contributed by atoms with Crippen molar-refractivity contribution in [3.63, 3.8) is 0 Å². The van der Waals surface area contributed by atoms with E-state index in [2.05, 4.69) is 20.4 Å². The van der Waals surface area contributed by atoms with E-state index in [1.807, 2.05) is 0 Å². The van der Waals surface area contributed by atoms with Gasteiger partial charge in [0.15, 0.2) is 16.8 Å². The molecule has 0 saturated carbocycles. The van der Waals surface area contributed by atoms with E-state index in [0.717, 1.165) is 23.9 Å². The van der Waals surface area contributed by atoms with Crippen LogP contribution in [0.4, 0.5) is 8.78 Å². The molecule has 0 amide bonds. The number of benzene rings is 1. The summed E-state index contributed by atoms with van der Waals surface area (Å²) in [5, 5.41) is 24.6. The molecule has 2 heterocycles. The summed E-state index contributed by atoms with van der Waals surface area (Å²) in [6, 6.07) is 5.12. The predicted octanol–water partition coefficient (Wildman–Crippen LogP) is 1.88. The first-order chi connectivity index (χ1) is 12.0. The fourth-order valence-corrected chi connectivity index (χ4v) is 2.85. The summed E-state index contributed by atoms with van der Waals surface area (Å²) in [5.74, 6) is -2.22. The second-order valence-electron chi connectivity index (χ2n) is 4.93. The lowest BCUT2D eigenvalue weighted by molar-refractivity contribution is 0.0902. The average Bonchev–Trinajstić information content (AvgIpc) is 2.98. The maximum Gasteiger partial charge on any atom is 0.196 e. The molecule has 25 heavy (non-hydrogen) atoms. The van der Waals surface area contributed by atoms with Crippen molar-refractivity contribution in [1.82, 2.24) is 25.0 Å². The topological polar surface area (TPSA) is 93.8 Å². The normalized spacial score (nSPS) is 10.9. The van der Waals surface area contributed by atoms with Crippen LogP contribution < -0.4 is 0 Å². The van der Waals surface area contributed by atoms with Gasteiger partial charge in [-0.15, -0.1) is 15.3 Å². The van der Waals surface area contributed by atoms with Gasteiger partial charge < -0.3 is 9.67 Å². The molecule has 0 fully saturated rings. The van der Waals surface area contributed by atoms with Gasteiger partial charge in [-0.25, -0.2) is 8.78 Å². The van der Waals surface area contributed by atoms with Gasteiger partial charge >= 0.3 is 0 Å². The van der Waals surface area contributed by atoms with E-state index < -0.39 is 24.0 Å². The van der Waals surface area contributed by atoms with Gasteiger partial charge in [0, 0.05) is 18.8 Å². The lowest BCUT2D eigenvalue weighted by Gasteiger charge is -2.07. The van der Waals surface area contributed by atoms with Crippen LogP contribution in [0.5, 0.6) is 0 Å². The number of hydrogen-bond acceptors (Lipinski definition) is 7. The van der Waals surface area contributed by atoms with Crippen LogP contribution in [0, 0.1) is 11.6 Å².